The van der Waals surface area contributed by atoms with Crippen molar-refractivity contribution in [1.29, 1.82) is 0 Å². The quantitative estimate of drug-likeness (QED) is 0.210. The second-order valence-corrected chi connectivity index (χ2v) is 7.68. The summed E-state index contributed by atoms with van der Waals surface area (Å²) in [5.74, 6) is 0. The Bertz CT molecular complexity index is 341. The molecule has 4 nitrogen and oxygen atoms in total. The van der Waals surface area contributed by atoms with E-state index in [1.54, 1.807) is 19.6 Å². The maximum atomic E-state index is 3.87. The van der Waals surface area contributed by atoms with Gasteiger partial charge in [-0.3, -0.25) is 0 Å². The summed E-state index contributed by atoms with van der Waals surface area (Å²) in [5, 5.41) is 0. The van der Waals surface area contributed by atoms with Gasteiger partial charge in [0.2, 0.25) is 0 Å². The Hall–Kier alpha value is -1.20. The van der Waals surface area contributed by atoms with Crippen LogP contribution in [0.15, 0.2) is 50.6 Å². The van der Waals surface area contributed by atoms with E-state index < -0.39 is 0 Å². The Morgan fingerprint density at radius 2 is 0.885 bits per heavy atom. The summed E-state index contributed by atoms with van der Waals surface area (Å²) in [7, 11) is 0. The van der Waals surface area contributed by atoms with Gasteiger partial charge in [0, 0.05) is 12.8 Å². The lowest BCUT2D eigenvalue weighted by Gasteiger charge is -2.30. The zero-order chi connectivity index (χ0) is 19.0. The van der Waals surface area contributed by atoms with Gasteiger partial charge in [-0.15, -0.1) is 0 Å². The second-order valence-electron chi connectivity index (χ2n) is 7.68. The molecular weight excluding hydrogens is 320 g/mol. The third-order valence-corrected chi connectivity index (χ3v) is 5.52. The van der Waals surface area contributed by atoms with Crippen molar-refractivity contribution in [2.24, 2.45) is 0 Å². The molecule has 1 aliphatic heterocycles. The van der Waals surface area contributed by atoms with E-state index in [9.17, 15) is 0 Å². The van der Waals surface area contributed by atoms with Gasteiger partial charge in [0.15, 0.2) is 0 Å². The minimum absolute atomic E-state index is 1.05. The van der Waals surface area contributed by atoms with E-state index in [-0.39, 0.29) is 0 Å². The molecule has 0 amide bonds. The zero-order valence-corrected chi connectivity index (χ0v) is 17.0. The van der Waals surface area contributed by atoms with Gasteiger partial charge in [0.05, 0.1) is 52.4 Å². The van der Waals surface area contributed by atoms with E-state index in [4.69, 9.17) is 0 Å². The Kier molecular flexibility index (Phi) is 13.1. The van der Waals surface area contributed by atoms with Crippen LogP contribution in [0.2, 0.25) is 0 Å². The van der Waals surface area contributed by atoms with E-state index in [0.717, 1.165) is 26.2 Å². The van der Waals surface area contributed by atoms with Gasteiger partial charge in [-0.1, -0.05) is 26.3 Å². The van der Waals surface area contributed by atoms with Crippen LogP contribution in [0.1, 0.15) is 12.8 Å². The van der Waals surface area contributed by atoms with Crippen LogP contribution in [0, 0.1) is 0 Å². The fraction of sp³-hybridized carbons (Fsp3) is 0.636. The van der Waals surface area contributed by atoms with E-state index in [0.29, 0.717) is 0 Å². The minimum Gasteiger partial charge on any atom is -0.328 e. The Morgan fingerprint density at radius 3 is 1.15 bits per heavy atom. The smallest absolute Gasteiger partial charge is 0.127 e. The molecule has 26 heavy (non-hydrogen) atoms. The first-order valence-electron chi connectivity index (χ1n) is 10.5. The number of piperazine rings is 1. The Morgan fingerprint density at radius 1 is 0.577 bits per heavy atom. The van der Waals surface area contributed by atoms with Crippen LogP contribution in [0.3, 0.4) is 0 Å². The van der Waals surface area contributed by atoms with Crippen LogP contribution in [0.4, 0.5) is 0 Å². The molecule has 1 heterocycles. The van der Waals surface area contributed by atoms with Crippen molar-refractivity contribution < 1.29 is 19.6 Å². The van der Waals surface area contributed by atoms with Gasteiger partial charge < -0.3 is 19.6 Å². The van der Waals surface area contributed by atoms with Crippen molar-refractivity contribution in [3.8, 4) is 0 Å². The molecule has 0 saturated carbocycles. The molecule has 1 aliphatic rings. The van der Waals surface area contributed by atoms with Gasteiger partial charge in [-0.25, -0.2) is 0 Å². The number of rotatable bonds is 16. The largest absolute Gasteiger partial charge is 0.328 e. The van der Waals surface area contributed by atoms with Gasteiger partial charge in [0.25, 0.3) is 0 Å². The van der Waals surface area contributed by atoms with Crippen molar-refractivity contribution in [2.75, 3.05) is 78.5 Å². The molecule has 1 saturated heterocycles. The van der Waals surface area contributed by atoms with Crippen LogP contribution in [0.25, 0.3) is 0 Å². The molecular formula is C22H44N4+4. The highest BCUT2D eigenvalue weighted by molar-refractivity contribution is 4.68. The predicted molar refractivity (Wildman–Crippen MR) is 112 cm³/mol. The van der Waals surface area contributed by atoms with E-state index in [1.165, 1.54) is 65.2 Å². The highest BCUT2D eigenvalue weighted by Crippen LogP contribution is 1.72. The van der Waals surface area contributed by atoms with Crippen LogP contribution < -0.4 is 19.6 Å². The van der Waals surface area contributed by atoms with Crippen molar-refractivity contribution in [3.63, 3.8) is 0 Å². The molecule has 0 unspecified atom stereocenters. The lowest BCUT2D eigenvalue weighted by atomic mass is 10.2. The highest BCUT2D eigenvalue weighted by Gasteiger charge is 2.23. The minimum atomic E-state index is 1.05. The maximum Gasteiger partial charge on any atom is 0.127 e. The Balaban J connectivity index is 2.14. The van der Waals surface area contributed by atoms with Crippen molar-refractivity contribution in [1.82, 2.24) is 0 Å². The van der Waals surface area contributed by atoms with Crippen molar-refractivity contribution in [2.45, 2.75) is 12.8 Å². The third-order valence-electron chi connectivity index (χ3n) is 5.52. The predicted octanol–water partition coefficient (Wildman–Crippen LogP) is -2.94. The van der Waals surface area contributed by atoms with Gasteiger partial charge in [-0.2, -0.15) is 0 Å². The SMILES string of the molecule is C=CC[NH+](CC=C)CCC[NH+]1CC[NH+](CCC[NH+](CC=C)CC=C)CC1. The first-order valence-corrected chi connectivity index (χ1v) is 10.5. The average molecular weight is 365 g/mol. The summed E-state index contributed by atoms with van der Waals surface area (Å²) in [4.78, 5) is 6.78. The second kappa shape index (κ2) is 14.9. The molecule has 0 atom stereocenters. The standard InChI is InChI=1S/C22H40N4/c1-5-11-23(12-6-2)15-9-17-25-19-21-26(22-20-25)18-10-16-24(13-7-3)14-8-4/h5-8H,1-4,9-22H2/p+4. The maximum absolute atomic E-state index is 3.87. The molecule has 0 spiro atoms. The average Bonchev–Trinajstić information content (AvgIpc) is 2.64. The van der Waals surface area contributed by atoms with Crippen molar-refractivity contribution in [3.05, 3.63) is 50.6 Å². The monoisotopic (exact) mass is 364 g/mol. The molecule has 0 bridgehead atoms. The van der Waals surface area contributed by atoms with E-state index in [2.05, 4.69) is 26.3 Å². The normalized spacial score (nSPS) is 20.2. The Labute approximate surface area is 162 Å². The topological polar surface area (TPSA) is 17.8 Å². The summed E-state index contributed by atoms with van der Waals surface area (Å²) >= 11 is 0. The van der Waals surface area contributed by atoms with Gasteiger partial charge in [0.1, 0.15) is 26.2 Å². The zero-order valence-electron chi connectivity index (χ0n) is 17.0. The van der Waals surface area contributed by atoms with Gasteiger partial charge >= 0.3 is 0 Å². The first kappa shape index (κ1) is 22.8. The fourth-order valence-corrected chi connectivity index (χ4v) is 4.03. The molecule has 0 aromatic heterocycles. The summed E-state index contributed by atoms with van der Waals surface area (Å²) in [6.07, 6.45) is 10.7. The molecule has 0 aromatic carbocycles. The molecule has 0 radical (unpaired) electrons. The molecule has 148 valence electrons. The molecule has 1 fully saturated rings. The highest BCUT2D eigenvalue weighted by atomic mass is 15.3. The van der Waals surface area contributed by atoms with Crippen LogP contribution >= 0.6 is 0 Å². The molecule has 1 rings (SSSR count). The van der Waals surface area contributed by atoms with E-state index in [1.807, 2.05) is 24.3 Å². The number of nitrogens with one attached hydrogen (secondary N) is 4. The molecule has 4 N–H and O–H groups in total. The lowest BCUT2D eigenvalue weighted by molar-refractivity contribution is -1.01. The third kappa shape index (κ3) is 10.1. The van der Waals surface area contributed by atoms with Crippen LogP contribution in [-0.2, 0) is 0 Å². The lowest BCUT2D eigenvalue weighted by Crippen LogP contribution is -3.28. The van der Waals surface area contributed by atoms with Gasteiger partial charge in [-0.05, 0) is 24.3 Å². The molecule has 0 aliphatic carbocycles. The number of hydrogen-bond acceptors (Lipinski definition) is 0. The van der Waals surface area contributed by atoms with E-state index >= 15 is 0 Å². The molecule has 4 heteroatoms. The molecule has 0 aromatic rings. The van der Waals surface area contributed by atoms with Crippen LogP contribution in [-0.4, -0.2) is 78.5 Å². The van der Waals surface area contributed by atoms with Crippen LogP contribution in [0.5, 0.6) is 0 Å². The summed E-state index contributed by atoms with van der Waals surface area (Å²) in [6, 6.07) is 0. The fourth-order valence-electron chi connectivity index (χ4n) is 4.03. The number of hydrogen-bond donors (Lipinski definition) is 4. The summed E-state index contributed by atoms with van der Waals surface area (Å²) in [6.45, 7) is 30.2. The summed E-state index contributed by atoms with van der Waals surface area (Å²) < 4.78 is 0. The first-order chi connectivity index (χ1) is 12.7. The number of quaternary nitrogens is 4. The summed E-state index contributed by atoms with van der Waals surface area (Å²) in [5.41, 5.74) is 0. The van der Waals surface area contributed by atoms with Crippen molar-refractivity contribution >= 4 is 0 Å².